The highest BCUT2D eigenvalue weighted by Crippen LogP contribution is 2.46. The third-order valence-corrected chi connectivity index (χ3v) is 7.06. The van der Waals surface area contributed by atoms with Gasteiger partial charge in [-0.1, -0.05) is 44.5 Å². The Hall–Kier alpha value is -2.38. The lowest BCUT2D eigenvalue weighted by Gasteiger charge is -2.34. The van der Waals surface area contributed by atoms with Crippen LogP contribution in [0.2, 0.25) is 5.02 Å². The molecule has 8 heteroatoms. The Morgan fingerprint density at radius 2 is 1.85 bits per heavy atom. The number of nitrogens with zero attached hydrogens (tertiary/aromatic N) is 1. The van der Waals surface area contributed by atoms with Crippen LogP contribution in [-0.2, 0) is 19.1 Å². The molecule has 1 aliphatic heterocycles. The van der Waals surface area contributed by atoms with E-state index in [4.69, 9.17) is 16.3 Å². The molecule has 1 aliphatic carbocycles. The van der Waals surface area contributed by atoms with Crippen molar-refractivity contribution in [1.29, 1.82) is 0 Å². The topological polar surface area (TPSA) is 95.9 Å². The number of carbonyl (C=O) groups excluding carboxylic acids is 3. The lowest BCUT2D eigenvalue weighted by atomic mass is 9.69. The molecule has 0 aromatic heterocycles. The first-order chi connectivity index (χ1) is 16.2. The van der Waals surface area contributed by atoms with Crippen molar-refractivity contribution in [2.75, 3.05) is 18.5 Å². The quantitative estimate of drug-likeness (QED) is 0.404. The first kappa shape index (κ1) is 26.2. The van der Waals surface area contributed by atoms with Crippen LogP contribution in [0.5, 0.6) is 0 Å². The highest BCUT2D eigenvalue weighted by Gasteiger charge is 2.58. The van der Waals surface area contributed by atoms with Crippen LogP contribution < -0.4 is 5.32 Å². The van der Waals surface area contributed by atoms with E-state index >= 15 is 0 Å². The van der Waals surface area contributed by atoms with E-state index in [1.54, 1.807) is 31.2 Å². The van der Waals surface area contributed by atoms with Crippen LogP contribution in [0.1, 0.15) is 40.5 Å². The molecule has 2 N–H and O–H groups in total. The summed E-state index contributed by atoms with van der Waals surface area (Å²) in [6.07, 6.45) is 5.06. The monoisotopic (exact) mass is 490 g/mol. The molecule has 0 spiro atoms. The molecule has 34 heavy (non-hydrogen) atoms. The van der Waals surface area contributed by atoms with Gasteiger partial charge in [0.1, 0.15) is 6.04 Å². The van der Waals surface area contributed by atoms with Gasteiger partial charge in [0.2, 0.25) is 11.8 Å². The summed E-state index contributed by atoms with van der Waals surface area (Å²) in [7, 11) is 0. The standard InChI is InChI=1S/C26H35ClN2O5/c1-5-16-7-12-20-22(21(16)26(33)34-6-2)25(32)29(19(14-30)13-15(3)4)23(20)24(31)28-18-10-8-17(27)9-11-18/h7-12,15-16,19-23,30H,5-6,13-14H2,1-4H3,(H,28,31)/t16-,19-,20+,21-,22-,23+/m1/s1. The van der Waals surface area contributed by atoms with Gasteiger partial charge < -0.3 is 20.1 Å². The smallest absolute Gasteiger partial charge is 0.310 e. The number of hydrogen-bond donors (Lipinski definition) is 2. The second-order valence-corrected chi connectivity index (χ2v) is 9.93. The predicted molar refractivity (Wildman–Crippen MR) is 131 cm³/mol. The molecule has 2 amide bonds. The van der Waals surface area contributed by atoms with E-state index < -0.39 is 35.8 Å². The number of nitrogens with one attached hydrogen (secondary N) is 1. The molecule has 7 nitrogen and oxygen atoms in total. The summed E-state index contributed by atoms with van der Waals surface area (Å²) >= 11 is 5.97. The van der Waals surface area contributed by atoms with Gasteiger partial charge in [0, 0.05) is 16.6 Å². The Labute approximate surface area is 206 Å². The molecule has 1 fully saturated rings. The molecule has 186 valence electrons. The maximum absolute atomic E-state index is 13.9. The Morgan fingerprint density at radius 3 is 2.41 bits per heavy atom. The fourth-order valence-corrected chi connectivity index (χ4v) is 5.48. The number of fused-ring (bicyclic) bond motifs is 1. The molecule has 1 saturated heterocycles. The molecule has 0 radical (unpaired) electrons. The molecular formula is C26H35ClN2O5. The minimum absolute atomic E-state index is 0.151. The molecule has 0 unspecified atom stereocenters. The third-order valence-electron chi connectivity index (χ3n) is 6.81. The second kappa shape index (κ2) is 11.4. The van der Waals surface area contributed by atoms with Crippen LogP contribution in [-0.4, -0.2) is 53.1 Å². The molecule has 1 aromatic rings. The Balaban J connectivity index is 2.03. The summed E-state index contributed by atoms with van der Waals surface area (Å²) in [4.78, 5) is 42.0. The number of halogens is 1. The van der Waals surface area contributed by atoms with E-state index in [0.717, 1.165) is 0 Å². The molecule has 1 heterocycles. The molecule has 0 saturated carbocycles. The van der Waals surface area contributed by atoms with Crippen LogP contribution in [0.15, 0.2) is 36.4 Å². The zero-order valence-electron chi connectivity index (χ0n) is 20.2. The molecule has 1 aromatic carbocycles. The fourth-order valence-electron chi connectivity index (χ4n) is 5.36. The predicted octanol–water partition coefficient (Wildman–Crippen LogP) is 3.90. The van der Waals surface area contributed by atoms with Crippen molar-refractivity contribution < 1.29 is 24.2 Å². The minimum Gasteiger partial charge on any atom is -0.466 e. The zero-order chi connectivity index (χ0) is 25.0. The third kappa shape index (κ3) is 5.31. The molecule has 2 aliphatic rings. The van der Waals surface area contributed by atoms with Crippen molar-refractivity contribution in [3.63, 3.8) is 0 Å². The number of aliphatic hydroxyl groups is 1. The number of aliphatic hydroxyl groups excluding tert-OH is 1. The second-order valence-electron chi connectivity index (χ2n) is 9.49. The number of amides is 2. The number of esters is 1. The largest absolute Gasteiger partial charge is 0.466 e. The zero-order valence-corrected chi connectivity index (χ0v) is 21.0. The average Bonchev–Trinajstić information content (AvgIpc) is 3.10. The van der Waals surface area contributed by atoms with E-state index in [0.29, 0.717) is 23.6 Å². The first-order valence-corrected chi connectivity index (χ1v) is 12.5. The van der Waals surface area contributed by atoms with E-state index in [1.807, 2.05) is 32.9 Å². The van der Waals surface area contributed by atoms with Crippen molar-refractivity contribution in [3.8, 4) is 0 Å². The molecule has 3 rings (SSSR count). The van der Waals surface area contributed by atoms with Gasteiger partial charge in [-0.2, -0.15) is 0 Å². The Morgan fingerprint density at radius 1 is 1.18 bits per heavy atom. The van der Waals surface area contributed by atoms with Gasteiger partial charge in [0.05, 0.1) is 31.1 Å². The van der Waals surface area contributed by atoms with Gasteiger partial charge in [-0.15, -0.1) is 0 Å². The van der Waals surface area contributed by atoms with E-state index in [2.05, 4.69) is 5.32 Å². The van der Waals surface area contributed by atoms with Crippen molar-refractivity contribution in [1.82, 2.24) is 4.90 Å². The number of likely N-dealkylation sites (tertiary alicyclic amines) is 1. The number of ether oxygens (including phenoxy) is 1. The lowest BCUT2D eigenvalue weighted by Crippen LogP contribution is -2.51. The van der Waals surface area contributed by atoms with Crippen LogP contribution >= 0.6 is 11.6 Å². The lowest BCUT2D eigenvalue weighted by molar-refractivity contribution is -0.156. The molecular weight excluding hydrogens is 456 g/mol. The number of benzene rings is 1. The van der Waals surface area contributed by atoms with E-state index in [9.17, 15) is 19.5 Å². The summed E-state index contributed by atoms with van der Waals surface area (Å²) < 4.78 is 5.35. The summed E-state index contributed by atoms with van der Waals surface area (Å²) in [5.74, 6) is -2.87. The van der Waals surface area contributed by atoms with Crippen LogP contribution in [0.25, 0.3) is 0 Å². The average molecular weight is 491 g/mol. The maximum Gasteiger partial charge on any atom is 0.310 e. The summed E-state index contributed by atoms with van der Waals surface area (Å²) in [5, 5.41) is 13.7. The van der Waals surface area contributed by atoms with Crippen LogP contribution in [0, 0.1) is 29.6 Å². The van der Waals surface area contributed by atoms with Crippen molar-refractivity contribution in [2.24, 2.45) is 29.6 Å². The van der Waals surface area contributed by atoms with Crippen LogP contribution in [0.4, 0.5) is 5.69 Å². The van der Waals surface area contributed by atoms with Gasteiger partial charge in [-0.25, -0.2) is 0 Å². The summed E-state index contributed by atoms with van der Waals surface area (Å²) in [6, 6.07) is 5.36. The first-order valence-electron chi connectivity index (χ1n) is 12.1. The number of rotatable bonds is 9. The van der Waals surface area contributed by atoms with Gasteiger partial charge in [0.15, 0.2) is 0 Å². The minimum atomic E-state index is -0.852. The van der Waals surface area contributed by atoms with Crippen molar-refractivity contribution in [2.45, 2.75) is 52.6 Å². The normalized spacial score (nSPS) is 27.0. The number of hydrogen-bond acceptors (Lipinski definition) is 5. The van der Waals surface area contributed by atoms with Crippen LogP contribution in [0.3, 0.4) is 0 Å². The van der Waals surface area contributed by atoms with E-state index in [-0.39, 0.29) is 36.9 Å². The number of carbonyl (C=O) groups is 3. The number of allylic oxidation sites excluding steroid dienone is 1. The fraction of sp³-hybridized carbons (Fsp3) is 0.577. The van der Waals surface area contributed by atoms with Crippen molar-refractivity contribution in [3.05, 3.63) is 41.4 Å². The van der Waals surface area contributed by atoms with Crippen molar-refractivity contribution >= 4 is 35.1 Å². The van der Waals surface area contributed by atoms with Gasteiger partial charge in [-0.3, -0.25) is 14.4 Å². The molecule has 6 atom stereocenters. The maximum atomic E-state index is 13.9. The highest BCUT2D eigenvalue weighted by molar-refractivity contribution is 6.30. The summed E-state index contributed by atoms with van der Waals surface area (Å²) in [6.45, 7) is 7.68. The van der Waals surface area contributed by atoms with E-state index in [1.165, 1.54) is 4.90 Å². The van der Waals surface area contributed by atoms with Gasteiger partial charge in [0.25, 0.3) is 0 Å². The Kier molecular flexibility index (Phi) is 8.77. The highest BCUT2D eigenvalue weighted by atomic mass is 35.5. The SMILES string of the molecule is CCOC(=O)[C@H]1[C@@H]2C(=O)N([C@@H](CO)CC(C)C)[C@H](C(=O)Nc3ccc(Cl)cc3)[C@H]2C=C[C@H]1CC. The van der Waals surface area contributed by atoms with Gasteiger partial charge >= 0.3 is 5.97 Å². The van der Waals surface area contributed by atoms with Gasteiger partial charge in [-0.05, 0) is 55.9 Å². The summed E-state index contributed by atoms with van der Waals surface area (Å²) in [5.41, 5.74) is 0.558. The number of anilines is 1. The Bertz CT molecular complexity index is 916. The molecule has 0 bridgehead atoms.